The van der Waals surface area contributed by atoms with E-state index in [-0.39, 0.29) is 28.2 Å². The number of fused-ring (bicyclic) bond motifs is 1. The smallest absolute Gasteiger partial charge is 0.355 e. The minimum absolute atomic E-state index is 0.0311. The first-order valence-electron chi connectivity index (χ1n) is 6.10. The number of rotatable bonds is 2. The Morgan fingerprint density at radius 3 is 2.57 bits per heavy atom. The van der Waals surface area contributed by atoms with Crippen LogP contribution >= 0.6 is 11.6 Å². The molecule has 0 saturated heterocycles. The Kier molecular flexibility index (Phi) is 3.99. The molecule has 1 N–H and O–H groups in total. The number of aromatic nitrogens is 1. The average Bonchev–Trinajstić information content (AvgIpc) is 2.55. The number of nitrogens with zero attached hydrogens (tertiary/aromatic N) is 1. The maximum Gasteiger partial charge on any atom is 0.355 e. The van der Waals surface area contributed by atoms with E-state index in [4.69, 9.17) is 16.3 Å². The van der Waals surface area contributed by atoms with Crippen LogP contribution in [0.2, 0.25) is 5.02 Å². The number of carbonyl (C=O) groups is 1. The Hall–Kier alpha value is -2.34. The van der Waals surface area contributed by atoms with Crippen molar-refractivity contribution in [2.75, 3.05) is 6.61 Å². The van der Waals surface area contributed by atoms with Crippen LogP contribution in [0.3, 0.4) is 0 Å². The molecule has 0 fully saturated rings. The summed E-state index contributed by atoms with van der Waals surface area (Å²) in [5, 5.41) is 9.43. The summed E-state index contributed by atoms with van der Waals surface area (Å²) in [6.45, 7) is 1.82. The molecular weight excluding hydrogens is 298 g/mol. The van der Waals surface area contributed by atoms with Gasteiger partial charge in [0.05, 0.1) is 17.1 Å². The summed E-state index contributed by atoms with van der Waals surface area (Å²) >= 11 is 5.81. The van der Waals surface area contributed by atoms with Gasteiger partial charge in [-0.3, -0.25) is 9.59 Å². The van der Waals surface area contributed by atoms with Crippen LogP contribution in [0.4, 0.5) is 0 Å². The Bertz CT molecular complexity index is 856. The van der Waals surface area contributed by atoms with Crippen molar-refractivity contribution in [1.82, 2.24) is 4.57 Å². The monoisotopic (exact) mass is 309 g/mol. The lowest BCUT2D eigenvalue weighted by molar-refractivity contribution is 0.0515. The third-order valence-corrected chi connectivity index (χ3v) is 3.30. The second kappa shape index (κ2) is 5.57. The summed E-state index contributed by atoms with van der Waals surface area (Å²) in [5.74, 6) is -1.31. The van der Waals surface area contributed by atoms with Gasteiger partial charge in [0.2, 0.25) is 5.43 Å². The second-order valence-electron chi connectivity index (χ2n) is 4.32. The van der Waals surface area contributed by atoms with Crippen LogP contribution in [-0.2, 0) is 11.8 Å². The minimum atomic E-state index is -0.768. The minimum Gasteiger partial charge on any atom is -0.503 e. The molecule has 2 aromatic rings. The Labute approximate surface area is 124 Å². The van der Waals surface area contributed by atoms with E-state index in [0.717, 1.165) is 12.1 Å². The lowest BCUT2D eigenvalue weighted by atomic mass is 10.2. The first-order chi connectivity index (χ1) is 9.86. The molecule has 0 aliphatic heterocycles. The van der Waals surface area contributed by atoms with Gasteiger partial charge in [-0.25, -0.2) is 4.79 Å². The molecule has 0 aliphatic carbocycles. The highest BCUT2D eigenvalue weighted by atomic mass is 35.5. The maximum atomic E-state index is 12.1. The highest BCUT2D eigenvalue weighted by molar-refractivity contribution is 6.32. The number of ether oxygens (including phenoxy) is 1. The molecule has 0 bridgehead atoms. The molecule has 0 saturated carbocycles. The van der Waals surface area contributed by atoms with Crippen LogP contribution in [-0.4, -0.2) is 22.2 Å². The zero-order valence-corrected chi connectivity index (χ0v) is 12.1. The SMILES string of the molecule is CCOC(=O)c1cc(=O)c2cc(=O)c(O)c(Cl)cc2n1C. The third kappa shape index (κ3) is 2.62. The van der Waals surface area contributed by atoms with Crippen molar-refractivity contribution in [3.63, 3.8) is 0 Å². The van der Waals surface area contributed by atoms with Crippen LogP contribution in [0.25, 0.3) is 10.9 Å². The van der Waals surface area contributed by atoms with E-state index in [9.17, 15) is 19.5 Å². The fourth-order valence-electron chi connectivity index (χ4n) is 1.96. The molecule has 0 aliphatic rings. The molecule has 0 amide bonds. The van der Waals surface area contributed by atoms with Crippen molar-refractivity contribution >= 4 is 28.5 Å². The van der Waals surface area contributed by atoms with Crippen LogP contribution in [0, 0.1) is 0 Å². The zero-order valence-electron chi connectivity index (χ0n) is 11.3. The number of hydrogen-bond donors (Lipinski definition) is 1. The maximum absolute atomic E-state index is 12.1. The summed E-state index contributed by atoms with van der Waals surface area (Å²) in [5.41, 5.74) is -1.03. The molecule has 2 rings (SSSR count). The summed E-state index contributed by atoms with van der Waals surface area (Å²) in [7, 11) is 1.53. The van der Waals surface area contributed by atoms with Crippen molar-refractivity contribution in [3.8, 4) is 5.75 Å². The van der Waals surface area contributed by atoms with Gasteiger partial charge in [-0.2, -0.15) is 0 Å². The highest BCUT2D eigenvalue weighted by Crippen LogP contribution is 2.21. The number of aromatic hydroxyl groups is 1. The molecule has 7 heteroatoms. The van der Waals surface area contributed by atoms with Gasteiger partial charge in [-0.05, 0) is 13.0 Å². The first-order valence-corrected chi connectivity index (χ1v) is 6.48. The number of esters is 1. The Balaban J connectivity index is 2.95. The summed E-state index contributed by atoms with van der Waals surface area (Å²) in [6.07, 6.45) is 0. The van der Waals surface area contributed by atoms with E-state index in [2.05, 4.69) is 0 Å². The molecule has 0 spiro atoms. The van der Waals surface area contributed by atoms with Gasteiger partial charge in [0.25, 0.3) is 0 Å². The molecule has 1 aromatic carbocycles. The molecular formula is C14H12ClNO5. The van der Waals surface area contributed by atoms with Crippen molar-refractivity contribution in [2.24, 2.45) is 7.05 Å². The number of carbonyl (C=O) groups excluding carboxylic acids is 1. The number of aryl methyl sites for hydroxylation is 1. The number of pyridine rings is 1. The number of halogens is 1. The molecule has 0 atom stereocenters. The number of hydrogen-bond acceptors (Lipinski definition) is 5. The predicted molar refractivity (Wildman–Crippen MR) is 78.1 cm³/mol. The quantitative estimate of drug-likeness (QED) is 0.848. The van der Waals surface area contributed by atoms with E-state index in [0.29, 0.717) is 0 Å². The second-order valence-corrected chi connectivity index (χ2v) is 4.73. The van der Waals surface area contributed by atoms with Crippen LogP contribution in [0.15, 0.2) is 27.8 Å². The van der Waals surface area contributed by atoms with Gasteiger partial charge in [0.15, 0.2) is 11.2 Å². The topological polar surface area (TPSA) is 85.6 Å². The van der Waals surface area contributed by atoms with E-state index in [1.807, 2.05) is 0 Å². The molecule has 0 radical (unpaired) electrons. The highest BCUT2D eigenvalue weighted by Gasteiger charge is 2.15. The standard InChI is InChI=1S/C14H12ClNO5/c1-3-21-14(20)10-6-11(17)7-4-12(18)13(19)8(15)5-9(7)16(10)2/h4-6H,3H2,1-2H3,(H,18,19). The average molecular weight is 310 g/mol. The van der Waals surface area contributed by atoms with E-state index >= 15 is 0 Å². The summed E-state index contributed by atoms with van der Waals surface area (Å²) in [6, 6.07) is 3.34. The first kappa shape index (κ1) is 15.1. The lowest BCUT2D eigenvalue weighted by Gasteiger charge is -2.09. The molecule has 1 heterocycles. The van der Waals surface area contributed by atoms with Crippen LogP contribution in [0.1, 0.15) is 17.4 Å². The van der Waals surface area contributed by atoms with Crippen molar-refractivity contribution in [1.29, 1.82) is 0 Å². The van der Waals surface area contributed by atoms with Gasteiger partial charge < -0.3 is 14.4 Å². The summed E-state index contributed by atoms with van der Waals surface area (Å²) in [4.78, 5) is 35.6. The molecule has 21 heavy (non-hydrogen) atoms. The van der Waals surface area contributed by atoms with Crippen molar-refractivity contribution in [3.05, 3.63) is 49.4 Å². The summed E-state index contributed by atoms with van der Waals surface area (Å²) < 4.78 is 6.26. The van der Waals surface area contributed by atoms with Gasteiger partial charge in [-0.15, -0.1) is 0 Å². The van der Waals surface area contributed by atoms with Gasteiger partial charge >= 0.3 is 5.97 Å². The van der Waals surface area contributed by atoms with Gasteiger partial charge in [0, 0.05) is 24.6 Å². The van der Waals surface area contributed by atoms with Crippen molar-refractivity contribution < 1.29 is 14.6 Å². The molecule has 6 nitrogen and oxygen atoms in total. The predicted octanol–water partition coefficient (Wildman–Crippen LogP) is 1.43. The zero-order chi connectivity index (χ0) is 15.7. The Morgan fingerprint density at radius 1 is 1.29 bits per heavy atom. The largest absolute Gasteiger partial charge is 0.503 e. The molecule has 1 aromatic heterocycles. The molecule has 0 unspecified atom stereocenters. The van der Waals surface area contributed by atoms with E-state index in [1.165, 1.54) is 17.7 Å². The lowest BCUT2D eigenvalue weighted by Crippen LogP contribution is -2.18. The van der Waals surface area contributed by atoms with E-state index in [1.54, 1.807) is 6.92 Å². The third-order valence-electron chi connectivity index (χ3n) is 3.01. The van der Waals surface area contributed by atoms with Gasteiger partial charge in [0.1, 0.15) is 5.69 Å². The fourth-order valence-corrected chi connectivity index (χ4v) is 2.16. The fraction of sp³-hybridized carbons (Fsp3) is 0.214. The Morgan fingerprint density at radius 2 is 1.95 bits per heavy atom. The van der Waals surface area contributed by atoms with E-state index < -0.39 is 22.6 Å². The molecule has 110 valence electrons. The van der Waals surface area contributed by atoms with Crippen LogP contribution in [0.5, 0.6) is 5.75 Å². The van der Waals surface area contributed by atoms with Crippen molar-refractivity contribution in [2.45, 2.75) is 6.92 Å². The van der Waals surface area contributed by atoms with Crippen LogP contribution < -0.4 is 10.9 Å². The normalized spacial score (nSPS) is 10.6. The van der Waals surface area contributed by atoms with Gasteiger partial charge in [-0.1, -0.05) is 11.6 Å².